The van der Waals surface area contributed by atoms with Crippen LogP contribution in [0, 0.1) is 6.92 Å². The molecule has 0 unspecified atom stereocenters. The van der Waals surface area contributed by atoms with Crippen molar-refractivity contribution in [1.82, 2.24) is 5.32 Å². The van der Waals surface area contributed by atoms with Crippen molar-refractivity contribution >= 4 is 11.8 Å². The van der Waals surface area contributed by atoms with Gasteiger partial charge in [0.05, 0.1) is 0 Å². The number of hydrogen-bond acceptors (Lipinski definition) is 2. The summed E-state index contributed by atoms with van der Waals surface area (Å²) in [4.78, 5) is 0. The van der Waals surface area contributed by atoms with Crippen molar-refractivity contribution in [3.05, 3.63) is 72.4 Å². The molecule has 0 radical (unpaired) electrons. The van der Waals surface area contributed by atoms with Crippen LogP contribution in [0.1, 0.15) is 43.2 Å². The zero-order chi connectivity index (χ0) is 18.8. The minimum atomic E-state index is 1.03. The number of hydrogen-bond donors (Lipinski definition) is 2. The van der Waals surface area contributed by atoms with Gasteiger partial charge in [0.2, 0.25) is 0 Å². The third-order valence-electron chi connectivity index (χ3n) is 4.80. The van der Waals surface area contributed by atoms with Crippen molar-refractivity contribution in [3.8, 4) is 11.1 Å². The van der Waals surface area contributed by atoms with Gasteiger partial charge >= 0.3 is 0 Å². The van der Waals surface area contributed by atoms with Gasteiger partial charge in [0, 0.05) is 25.0 Å². The van der Waals surface area contributed by atoms with Crippen LogP contribution in [-0.2, 0) is 0 Å². The smallest absolute Gasteiger partial charge is 0.0340 e. The fourth-order valence-corrected chi connectivity index (χ4v) is 3.04. The van der Waals surface area contributed by atoms with Crippen LogP contribution in [0.2, 0.25) is 0 Å². The summed E-state index contributed by atoms with van der Waals surface area (Å²) in [6.45, 7) is 11.0. The van der Waals surface area contributed by atoms with E-state index in [9.17, 15) is 0 Å². The highest BCUT2D eigenvalue weighted by molar-refractivity contribution is 5.69. The molecule has 0 aliphatic heterocycles. The first-order valence-corrected chi connectivity index (χ1v) is 9.57. The van der Waals surface area contributed by atoms with Gasteiger partial charge in [-0.3, -0.25) is 0 Å². The number of aryl methyl sites for hydroxylation is 1. The molecule has 0 spiro atoms. The van der Waals surface area contributed by atoms with Crippen LogP contribution in [-0.4, -0.2) is 13.6 Å². The topological polar surface area (TPSA) is 24.1 Å². The first kappa shape index (κ1) is 19.8. The van der Waals surface area contributed by atoms with E-state index in [0.717, 1.165) is 18.7 Å². The van der Waals surface area contributed by atoms with Crippen molar-refractivity contribution in [2.24, 2.45) is 0 Å². The van der Waals surface area contributed by atoms with Crippen LogP contribution in [0.3, 0.4) is 0 Å². The molecule has 0 saturated carbocycles. The molecular weight excluding hydrogens is 316 g/mol. The molecule has 2 aromatic rings. The van der Waals surface area contributed by atoms with Gasteiger partial charge in [-0.2, -0.15) is 0 Å². The predicted octanol–water partition coefficient (Wildman–Crippen LogP) is 6.40. The van der Waals surface area contributed by atoms with E-state index < -0.39 is 0 Å². The Bertz CT molecular complexity index is 713. The maximum Gasteiger partial charge on any atom is 0.0340 e. The molecule has 2 heteroatoms. The Balaban J connectivity index is 1.75. The summed E-state index contributed by atoms with van der Waals surface area (Å²) in [6.07, 6.45) is 7.94. The minimum Gasteiger partial charge on any atom is -0.392 e. The zero-order valence-electron chi connectivity index (χ0n) is 16.3. The number of rotatable bonds is 11. The molecule has 0 saturated heterocycles. The monoisotopic (exact) mass is 348 g/mol. The second kappa shape index (κ2) is 10.5. The van der Waals surface area contributed by atoms with Crippen LogP contribution in [0.15, 0.2) is 61.3 Å². The predicted molar refractivity (Wildman–Crippen MR) is 116 cm³/mol. The SMILES string of the molecule is C=Cc1ccc(-c2ccc(NCCCCCCC(=C)NC)cc2)cc1C. The summed E-state index contributed by atoms with van der Waals surface area (Å²) in [5.74, 6) is 0. The van der Waals surface area contributed by atoms with Gasteiger partial charge in [-0.05, 0) is 60.6 Å². The minimum absolute atomic E-state index is 1.03. The van der Waals surface area contributed by atoms with E-state index in [0.29, 0.717) is 0 Å². The molecule has 0 aliphatic rings. The van der Waals surface area contributed by atoms with E-state index in [1.165, 1.54) is 53.6 Å². The normalized spacial score (nSPS) is 10.4. The average molecular weight is 349 g/mol. The summed E-state index contributed by atoms with van der Waals surface area (Å²) in [5.41, 5.74) is 7.29. The molecule has 0 bridgehead atoms. The van der Waals surface area contributed by atoms with Gasteiger partial charge < -0.3 is 10.6 Å². The largest absolute Gasteiger partial charge is 0.392 e. The first-order valence-electron chi connectivity index (χ1n) is 9.57. The molecule has 0 heterocycles. The van der Waals surface area contributed by atoms with Crippen molar-refractivity contribution in [1.29, 1.82) is 0 Å². The first-order chi connectivity index (χ1) is 12.6. The van der Waals surface area contributed by atoms with Gasteiger partial charge in [-0.1, -0.05) is 62.4 Å². The highest BCUT2D eigenvalue weighted by atomic mass is 14.9. The van der Waals surface area contributed by atoms with Crippen LogP contribution in [0.4, 0.5) is 5.69 Å². The van der Waals surface area contributed by atoms with Gasteiger partial charge in [0.25, 0.3) is 0 Å². The van der Waals surface area contributed by atoms with Crippen molar-refractivity contribution in [2.75, 3.05) is 18.9 Å². The van der Waals surface area contributed by atoms with Gasteiger partial charge in [-0.25, -0.2) is 0 Å². The van der Waals surface area contributed by atoms with E-state index in [-0.39, 0.29) is 0 Å². The number of unbranched alkanes of at least 4 members (excludes halogenated alkanes) is 3. The highest BCUT2D eigenvalue weighted by Gasteiger charge is 2.01. The molecule has 0 atom stereocenters. The maximum absolute atomic E-state index is 3.96. The van der Waals surface area contributed by atoms with E-state index in [1.54, 1.807) is 0 Å². The molecule has 0 fully saturated rings. The number of benzene rings is 2. The van der Waals surface area contributed by atoms with Crippen molar-refractivity contribution < 1.29 is 0 Å². The molecule has 2 N–H and O–H groups in total. The third kappa shape index (κ3) is 6.11. The van der Waals surface area contributed by atoms with Crippen LogP contribution in [0.5, 0.6) is 0 Å². The summed E-state index contributed by atoms with van der Waals surface area (Å²) in [6, 6.07) is 15.2. The summed E-state index contributed by atoms with van der Waals surface area (Å²) >= 11 is 0. The molecule has 0 aliphatic carbocycles. The molecule has 2 rings (SSSR count). The molecule has 0 amide bonds. The van der Waals surface area contributed by atoms with Gasteiger partial charge in [0.15, 0.2) is 0 Å². The van der Waals surface area contributed by atoms with E-state index >= 15 is 0 Å². The molecule has 138 valence electrons. The van der Waals surface area contributed by atoms with Gasteiger partial charge in [0.1, 0.15) is 0 Å². The highest BCUT2D eigenvalue weighted by Crippen LogP contribution is 2.24. The Morgan fingerprint density at radius 1 is 0.962 bits per heavy atom. The molecule has 0 aromatic heterocycles. The Hall–Kier alpha value is -2.48. The van der Waals surface area contributed by atoms with Gasteiger partial charge in [-0.15, -0.1) is 0 Å². The number of nitrogens with one attached hydrogen (secondary N) is 2. The standard InChI is InChI=1S/C24H32N2/c1-5-21-11-12-23(18-19(21)2)22-13-15-24(16-14-22)26-17-9-7-6-8-10-20(3)25-4/h5,11-16,18,25-26H,1,3,6-10,17H2,2,4H3. The number of anilines is 1. The van der Waals surface area contributed by atoms with E-state index in [2.05, 4.69) is 73.2 Å². The third-order valence-corrected chi connectivity index (χ3v) is 4.80. The lowest BCUT2D eigenvalue weighted by atomic mass is 10.00. The van der Waals surface area contributed by atoms with Crippen molar-refractivity contribution in [3.63, 3.8) is 0 Å². The fourth-order valence-electron chi connectivity index (χ4n) is 3.04. The second-order valence-electron chi connectivity index (χ2n) is 6.80. The summed E-state index contributed by atoms with van der Waals surface area (Å²) in [5, 5.41) is 6.62. The van der Waals surface area contributed by atoms with Crippen LogP contribution < -0.4 is 10.6 Å². The van der Waals surface area contributed by atoms with Crippen LogP contribution >= 0.6 is 0 Å². The lowest BCUT2D eigenvalue weighted by Gasteiger charge is -2.09. The second-order valence-corrected chi connectivity index (χ2v) is 6.80. The Morgan fingerprint density at radius 2 is 1.65 bits per heavy atom. The summed E-state index contributed by atoms with van der Waals surface area (Å²) < 4.78 is 0. The Kier molecular flexibility index (Phi) is 8.01. The number of allylic oxidation sites excluding steroid dienone is 1. The molecule has 2 aromatic carbocycles. The maximum atomic E-state index is 3.96. The molecule has 26 heavy (non-hydrogen) atoms. The van der Waals surface area contributed by atoms with E-state index in [4.69, 9.17) is 0 Å². The van der Waals surface area contributed by atoms with E-state index in [1.807, 2.05) is 13.1 Å². The average Bonchev–Trinajstić information content (AvgIpc) is 2.67. The Labute approximate surface area is 159 Å². The van der Waals surface area contributed by atoms with Crippen LogP contribution in [0.25, 0.3) is 17.2 Å². The lowest BCUT2D eigenvalue weighted by Crippen LogP contribution is -2.04. The zero-order valence-corrected chi connectivity index (χ0v) is 16.3. The quantitative estimate of drug-likeness (QED) is 0.459. The summed E-state index contributed by atoms with van der Waals surface area (Å²) in [7, 11) is 1.94. The molecule has 2 nitrogen and oxygen atoms in total. The molecular formula is C24H32N2. The van der Waals surface area contributed by atoms with Crippen molar-refractivity contribution in [2.45, 2.75) is 39.0 Å². The fraction of sp³-hybridized carbons (Fsp3) is 0.333. The Morgan fingerprint density at radius 3 is 2.31 bits per heavy atom. The lowest BCUT2D eigenvalue weighted by molar-refractivity contribution is 0.641.